The van der Waals surface area contributed by atoms with Crippen molar-refractivity contribution in [1.82, 2.24) is 0 Å². The van der Waals surface area contributed by atoms with Crippen LogP contribution in [-0.2, 0) is 23.8 Å². The van der Waals surface area contributed by atoms with Crippen molar-refractivity contribution in [2.75, 3.05) is 33.0 Å². The van der Waals surface area contributed by atoms with E-state index < -0.39 is 40.0 Å². The predicted molar refractivity (Wildman–Crippen MR) is 84.1 cm³/mol. The Bertz CT molecular complexity index is 580. The van der Waals surface area contributed by atoms with Gasteiger partial charge in [-0.1, -0.05) is 13.3 Å². The Morgan fingerprint density at radius 1 is 0.667 bits per heavy atom. The van der Waals surface area contributed by atoms with Gasteiger partial charge in [0.15, 0.2) is 0 Å². The highest BCUT2D eigenvalue weighted by atomic mass is 32.2. The van der Waals surface area contributed by atoms with Crippen LogP contribution in [0.15, 0.2) is 0 Å². The molecule has 0 saturated heterocycles. The third-order valence-corrected chi connectivity index (χ3v) is 4.73. The molecule has 0 aliphatic carbocycles. The summed E-state index contributed by atoms with van der Waals surface area (Å²) in [5, 5.41) is -6.83. The van der Waals surface area contributed by atoms with Crippen molar-refractivity contribution < 1.29 is 66.3 Å². The highest BCUT2D eigenvalue weighted by Crippen LogP contribution is 2.54. The first-order valence-electron chi connectivity index (χ1n) is 8.31. The fourth-order valence-corrected chi connectivity index (χ4v) is 2.56. The summed E-state index contributed by atoms with van der Waals surface area (Å²) >= 11 is 0. The minimum atomic E-state index is -7.31. The molecule has 0 aromatic rings. The van der Waals surface area contributed by atoms with Crippen molar-refractivity contribution in [1.29, 1.82) is 0 Å². The fourth-order valence-electron chi connectivity index (χ4n) is 1.63. The summed E-state index contributed by atoms with van der Waals surface area (Å²) in [6.45, 7) is 1.75. The van der Waals surface area contributed by atoms with Gasteiger partial charge < -0.3 is 9.47 Å². The molecule has 0 N–H and O–H groups in total. The molecule has 0 bridgehead atoms. The molecular formula is C14H22F10O5S. The van der Waals surface area contributed by atoms with Gasteiger partial charge in [0, 0.05) is 13.2 Å². The maximum atomic E-state index is 13.3. The second-order valence-corrected chi connectivity index (χ2v) is 7.38. The summed E-state index contributed by atoms with van der Waals surface area (Å²) in [6.07, 6.45) is -5.67. The van der Waals surface area contributed by atoms with Crippen molar-refractivity contribution in [3.63, 3.8) is 0 Å². The molecule has 0 aliphatic rings. The van der Waals surface area contributed by atoms with Gasteiger partial charge in [-0.15, -0.1) is 0 Å². The van der Waals surface area contributed by atoms with E-state index in [0.29, 0.717) is 6.61 Å². The topological polar surface area (TPSA) is 61.8 Å². The van der Waals surface area contributed by atoms with E-state index in [2.05, 4.69) is 4.18 Å². The van der Waals surface area contributed by atoms with Gasteiger partial charge in [0.25, 0.3) is 0 Å². The number of ether oxygens (including phenoxy) is 2. The summed E-state index contributed by atoms with van der Waals surface area (Å²) in [7, 11) is -6.80. The van der Waals surface area contributed by atoms with Crippen LogP contribution in [-0.4, -0.2) is 64.7 Å². The molecular weight excluding hydrogens is 470 g/mol. The van der Waals surface area contributed by atoms with Crippen molar-refractivity contribution in [2.24, 2.45) is 0 Å². The lowest BCUT2D eigenvalue weighted by molar-refractivity contribution is -0.382. The van der Waals surface area contributed by atoms with Crippen molar-refractivity contribution in [2.45, 2.75) is 55.9 Å². The lowest BCUT2D eigenvalue weighted by atomic mass is 10.1. The number of hydrogen-bond donors (Lipinski definition) is 0. The van der Waals surface area contributed by atoms with Gasteiger partial charge in [-0.25, -0.2) is 0 Å². The zero-order valence-corrected chi connectivity index (χ0v) is 16.4. The maximum Gasteiger partial charge on any atom is 0.460 e. The number of unbranched alkanes of at least 4 members (excludes halogenated alkanes) is 2. The van der Waals surface area contributed by atoms with Gasteiger partial charge in [-0.2, -0.15) is 47.9 Å². The van der Waals surface area contributed by atoms with E-state index in [4.69, 9.17) is 9.47 Å². The Balaban J connectivity index is 0. The van der Waals surface area contributed by atoms with E-state index in [0.717, 1.165) is 12.8 Å². The molecule has 16 heteroatoms. The molecule has 0 radical (unpaired) electrons. The third-order valence-electron chi connectivity index (χ3n) is 3.37. The van der Waals surface area contributed by atoms with E-state index in [1.165, 1.54) is 0 Å². The first-order chi connectivity index (χ1) is 13.1. The van der Waals surface area contributed by atoms with Crippen LogP contribution in [0.3, 0.4) is 0 Å². The quantitative estimate of drug-likeness (QED) is 0.191. The lowest BCUT2D eigenvalue weighted by Gasteiger charge is -2.32. The molecule has 0 saturated carbocycles. The van der Waals surface area contributed by atoms with Crippen LogP contribution >= 0.6 is 0 Å². The second-order valence-electron chi connectivity index (χ2n) is 5.72. The third kappa shape index (κ3) is 7.67. The Hall–Kier alpha value is -0.870. The van der Waals surface area contributed by atoms with Crippen LogP contribution in [0.5, 0.6) is 0 Å². The molecule has 0 rings (SSSR count). The average molecular weight is 492 g/mol. The maximum absolute atomic E-state index is 13.3. The lowest BCUT2D eigenvalue weighted by Crippen LogP contribution is -2.63. The molecule has 0 aliphatic heterocycles. The number of alkyl halides is 9. The van der Waals surface area contributed by atoms with Gasteiger partial charge in [0.1, 0.15) is 0 Å². The average Bonchev–Trinajstić information content (AvgIpc) is 2.58. The molecule has 0 unspecified atom stereocenters. The molecule has 0 atom stereocenters. The highest BCUT2D eigenvalue weighted by Gasteiger charge is 2.85. The van der Waals surface area contributed by atoms with E-state index >= 15 is 0 Å². The van der Waals surface area contributed by atoms with Gasteiger partial charge in [-0.05, 0) is 19.3 Å². The molecule has 0 aromatic heterocycles. The van der Waals surface area contributed by atoms with E-state index in [-0.39, 0.29) is 37.4 Å². The zero-order valence-electron chi connectivity index (χ0n) is 15.6. The monoisotopic (exact) mass is 492 g/mol. The first kappa shape index (κ1) is 31.3. The fraction of sp³-hybridized carbons (Fsp3) is 1.00. The number of hydrogen-bond acceptors (Lipinski definition) is 5. The van der Waals surface area contributed by atoms with Gasteiger partial charge in [0.05, 0.1) is 19.8 Å². The summed E-state index contributed by atoms with van der Waals surface area (Å²) < 4.78 is 150. The molecule has 0 heterocycles. The van der Waals surface area contributed by atoms with Crippen LogP contribution in [0, 0.1) is 0 Å². The Kier molecular flexibility index (Phi) is 12.8. The minimum Gasteiger partial charge on any atom is -0.379 e. The molecule has 0 aromatic carbocycles. The minimum absolute atomic E-state index is 0. The Morgan fingerprint density at radius 3 is 1.53 bits per heavy atom. The van der Waals surface area contributed by atoms with E-state index in [1.54, 1.807) is 0 Å². The molecule has 5 nitrogen and oxygen atoms in total. The number of halogens is 10. The standard InChI is InChI=1S/C14H21F9O5S.FH/c1-2-3-6-26-9-10-27-7-4-5-8-28-29(24,25)14(22,23)12(17,18)11(15,16)13(19,20)21;/h2-10H2,1H3;1H. The predicted octanol–water partition coefficient (Wildman–Crippen LogP) is 4.52. The Labute approximate surface area is 166 Å². The van der Waals surface area contributed by atoms with Gasteiger partial charge >= 0.3 is 33.4 Å². The van der Waals surface area contributed by atoms with Crippen LogP contribution in [0.1, 0.15) is 32.6 Å². The van der Waals surface area contributed by atoms with Crippen molar-refractivity contribution in [3.8, 4) is 0 Å². The largest absolute Gasteiger partial charge is 0.460 e. The summed E-state index contributed by atoms with van der Waals surface area (Å²) in [5.74, 6) is -14.6. The summed E-state index contributed by atoms with van der Waals surface area (Å²) in [5.41, 5.74) is 0. The van der Waals surface area contributed by atoms with Gasteiger partial charge in [-0.3, -0.25) is 8.89 Å². The summed E-state index contributed by atoms with van der Waals surface area (Å²) in [6, 6.07) is 0. The molecule has 184 valence electrons. The number of rotatable bonds is 15. The van der Waals surface area contributed by atoms with E-state index in [1.807, 2.05) is 6.92 Å². The molecule has 0 spiro atoms. The van der Waals surface area contributed by atoms with Crippen molar-refractivity contribution >= 4 is 10.1 Å². The van der Waals surface area contributed by atoms with Crippen molar-refractivity contribution in [3.05, 3.63) is 0 Å². The molecule has 30 heavy (non-hydrogen) atoms. The van der Waals surface area contributed by atoms with Crippen LogP contribution in [0.2, 0.25) is 0 Å². The smallest absolute Gasteiger partial charge is 0.379 e. The van der Waals surface area contributed by atoms with Crippen LogP contribution in [0.4, 0.5) is 44.2 Å². The zero-order chi connectivity index (χ0) is 23.0. The second kappa shape index (κ2) is 12.2. The highest BCUT2D eigenvalue weighted by molar-refractivity contribution is 7.87. The first-order valence-corrected chi connectivity index (χ1v) is 9.71. The van der Waals surface area contributed by atoms with Crippen LogP contribution < -0.4 is 0 Å². The van der Waals surface area contributed by atoms with Gasteiger partial charge in [0.2, 0.25) is 0 Å². The molecule has 0 amide bonds. The van der Waals surface area contributed by atoms with Crippen LogP contribution in [0.25, 0.3) is 0 Å². The summed E-state index contributed by atoms with van der Waals surface area (Å²) in [4.78, 5) is 0. The SMILES string of the molecule is CCCCOCCOCCCCOS(=O)(=O)C(F)(F)C(F)(F)C(F)(F)C(F)(F)F.F. The Morgan fingerprint density at radius 2 is 1.10 bits per heavy atom. The van der Waals surface area contributed by atoms with E-state index in [9.17, 15) is 47.9 Å². The normalized spacial score (nSPS) is 13.9. The molecule has 0 fully saturated rings.